The summed E-state index contributed by atoms with van der Waals surface area (Å²) in [7, 11) is 1.25. The molecule has 2 aromatic carbocycles. The zero-order valence-electron chi connectivity index (χ0n) is 10.9. The molecule has 6 heteroatoms. The first-order chi connectivity index (χ1) is 9.84. The Balaban J connectivity index is 2.59. The Hall–Kier alpha value is -2.37. The van der Waals surface area contributed by atoms with Crippen LogP contribution in [-0.4, -0.2) is 12.9 Å². The molecule has 0 spiro atoms. The van der Waals surface area contributed by atoms with E-state index in [0.717, 1.165) is 24.3 Å². The molecule has 110 valence electrons. The summed E-state index contributed by atoms with van der Waals surface area (Å²) >= 11 is 0. The predicted octanol–water partition coefficient (Wildman–Crippen LogP) is 4.08. The lowest BCUT2D eigenvalue weighted by Crippen LogP contribution is -2.14. The molecular weight excluding hydrogens is 288 g/mol. The van der Waals surface area contributed by atoms with E-state index in [0.29, 0.717) is 0 Å². The van der Waals surface area contributed by atoms with E-state index in [-0.39, 0.29) is 11.3 Å². The van der Waals surface area contributed by atoms with Crippen molar-refractivity contribution in [2.75, 3.05) is 7.11 Å². The molecule has 0 fully saturated rings. The van der Waals surface area contributed by atoms with Gasteiger partial charge in [0.25, 0.3) is 0 Å². The summed E-state index contributed by atoms with van der Waals surface area (Å²) in [6, 6.07) is 7.46. The van der Waals surface area contributed by atoms with Crippen molar-refractivity contribution in [2.24, 2.45) is 0 Å². The van der Waals surface area contributed by atoms with Crippen LogP contribution in [0, 0.1) is 5.82 Å². The fourth-order valence-corrected chi connectivity index (χ4v) is 1.93. The van der Waals surface area contributed by atoms with Crippen LogP contribution in [0.15, 0.2) is 42.5 Å². The highest BCUT2D eigenvalue weighted by molar-refractivity contribution is 6.11. The SMILES string of the molecule is COc1ccc(F)cc1C(=O)c1ccccc1C(F)(F)F. The van der Waals surface area contributed by atoms with E-state index >= 15 is 0 Å². The lowest BCUT2D eigenvalue weighted by molar-refractivity contribution is -0.137. The standard InChI is InChI=1S/C15H10F4O2/c1-21-13-7-6-9(16)8-11(13)14(20)10-4-2-3-5-12(10)15(17,18)19/h2-8H,1H3. The molecule has 0 saturated carbocycles. The Bertz CT molecular complexity index is 678. The van der Waals surface area contributed by atoms with Crippen LogP contribution in [0.1, 0.15) is 21.5 Å². The number of carbonyl (C=O) groups excluding carboxylic acids is 1. The Morgan fingerprint density at radius 1 is 1.05 bits per heavy atom. The van der Waals surface area contributed by atoms with Crippen LogP contribution in [0.4, 0.5) is 17.6 Å². The van der Waals surface area contributed by atoms with E-state index in [1.165, 1.54) is 25.3 Å². The molecule has 0 radical (unpaired) electrons. The minimum absolute atomic E-state index is 0.0124. The lowest BCUT2D eigenvalue weighted by atomic mass is 9.97. The first-order valence-electron chi connectivity index (χ1n) is 5.89. The smallest absolute Gasteiger partial charge is 0.417 e. The zero-order chi connectivity index (χ0) is 15.6. The number of ketones is 1. The molecule has 0 bridgehead atoms. The topological polar surface area (TPSA) is 26.3 Å². The normalized spacial score (nSPS) is 11.3. The molecule has 0 heterocycles. The van der Waals surface area contributed by atoms with Crippen molar-refractivity contribution in [2.45, 2.75) is 6.18 Å². The number of halogens is 4. The number of alkyl halides is 3. The molecule has 21 heavy (non-hydrogen) atoms. The molecule has 2 aromatic rings. The summed E-state index contributed by atoms with van der Waals surface area (Å²) in [6.45, 7) is 0. The van der Waals surface area contributed by atoms with Gasteiger partial charge < -0.3 is 4.74 Å². The first-order valence-corrected chi connectivity index (χ1v) is 5.89. The zero-order valence-corrected chi connectivity index (χ0v) is 10.9. The van der Waals surface area contributed by atoms with Crippen molar-refractivity contribution in [1.29, 1.82) is 0 Å². The number of ether oxygens (including phenoxy) is 1. The van der Waals surface area contributed by atoms with Gasteiger partial charge in [0, 0.05) is 5.56 Å². The lowest BCUT2D eigenvalue weighted by Gasteiger charge is -2.13. The molecule has 2 rings (SSSR count). The molecule has 0 unspecified atom stereocenters. The summed E-state index contributed by atoms with van der Waals surface area (Å²) in [5.74, 6) is -1.67. The summed E-state index contributed by atoms with van der Waals surface area (Å²) in [5, 5.41) is 0. The van der Waals surface area contributed by atoms with Crippen LogP contribution in [-0.2, 0) is 6.18 Å². The highest BCUT2D eigenvalue weighted by Gasteiger charge is 2.35. The van der Waals surface area contributed by atoms with E-state index in [9.17, 15) is 22.4 Å². The predicted molar refractivity (Wildman–Crippen MR) is 67.8 cm³/mol. The van der Waals surface area contributed by atoms with Gasteiger partial charge in [-0.3, -0.25) is 4.79 Å². The van der Waals surface area contributed by atoms with Crippen LogP contribution < -0.4 is 4.74 Å². The number of hydrogen-bond donors (Lipinski definition) is 0. The van der Waals surface area contributed by atoms with Gasteiger partial charge in [-0.2, -0.15) is 13.2 Å². The van der Waals surface area contributed by atoms with E-state index in [1.807, 2.05) is 0 Å². The van der Waals surface area contributed by atoms with Gasteiger partial charge in [0.15, 0.2) is 5.78 Å². The average Bonchev–Trinajstić information content (AvgIpc) is 2.45. The second-order valence-electron chi connectivity index (χ2n) is 4.22. The van der Waals surface area contributed by atoms with Gasteiger partial charge in [-0.05, 0) is 24.3 Å². The van der Waals surface area contributed by atoms with Gasteiger partial charge in [-0.15, -0.1) is 0 Å². The number of carbonyl (C=O) groups is 1. The molecule has 0 aliphatic heterocycles. The molecule has 0 aliphatic carbocycles. The van der Waals surface area contributed by atoms with Crippen LogP contribution in [0.5, 0.6) is 5.75 Å². The summed E-state index contributed by atoms with van der Waals surface area (Å²) in [6.07, 6.45) is -4.67. The first kappa shape index (κ1) is 15.0. The molecule has 0 atom stereocenters. The maximum atomic E-state index is 13.3. The second-order valence-corrected chi connectivity index (χ2v) is 4.22. The number of rotatable bonds is 3. The fraction of sp³-hybridized carbons (Fsp3) is 0.133. The number of benzene rings is 2. The van der Waals surface area contributed by atoms with Gasteiger partial charge in [-0.1, -0.05) is 18.2 Å². The monoisotopic (exact) mass is 298 g/mol. The van der Waals surface area contributed by atoms with Crippen LogP contribution in [0.25, 0.3) is 0 Å². The second kappa shape index (κ2) is 5.55. The summed E-state index contributed by atoms with van der Waals surface area (Å²) < 4.78 is 56.9. The Labute approximate surface area is 118 Å². The van der Waals surface area contributed by atoms with E-state index in [2.05, 4.69) is 0 Å². The molecule has 0 aliphatic rings. The van der Waals surface area contributed by atoms with Gasteiger partial charge >= 0.3 is 6.18 Å². The van der Waals surface area contributed by atoms with Gasteiger partial charge in [-0.25, -0.2) is 4.39 Å². The maximum Gasteiger partial charge on any atom is 0.417 e. The molecule has 2 nitrogen and oxygen atoms in total. The van der Waals surface area contributed by atoms with E-state index < -0.39 is 28.9 Å². The largest absolute Gasteiger partial charge is 0.496 e. The minimum Gasteiger partial charge on any atom is -0.496 e. The van der Waals surface area contributed by atoms with Crippen LogP contribution in [0.2, 0.25) is 0 Å². The van der Waals surface area contributed by atoms with E-state index in [4.69, 9.17) is 4.74 Å². The molecule has 0 saturated heterocycles. The third kappa shape index (κ3) is 3.04. The van der Waals surface area contributed by atoms with Crippen molar-refractivity contribution >= 4 is 5.78 Å². The Morgan fingerprint density at radius 3 is 2.33 bits per heavy atom. The summed E-state index contributed by atoms with van der Waals surface area (Å²) in [4.78, 5) is 12.3. The highest BCUT2D eigenvalue weighted by atomic mass is 19.4. The van der Waals surface area contributed by atoms with Crippen LogP contribution in [0.3, 0.4) is 0 Å². The van der Waals surface area contributed by atoms with Gasteiger partial charge in [0.1, 0.15) is 11.6 Å². The summed E-state index contributed by atoms with van der Waals surface area (Å²) in [5.41, 5.74) is -1.87. The van der Waals surface area contributed by atoms with Crippen molar-refractivity contribution in [3.63, 3.8) is 0 Å². The van der Waals surface area contributed by atoms with Crippen molar-refractivity contribution < 1.29 is 27.1 Å². The van der Waals surface area contributed by atoms with Gasteiger partial charge in [0.2, 0.25) is 0 Å². The van der Waals surface area contributed by atoms with E-state index in [1.54, 1.807) is 0 Å². The fourth-order valence-electron chi connectivity index (χ4n) is 1.93. The van der Waals surface area contributed by atoms with Crippen LogP contribution >= 0.6 is 0 Å². The maximum absolute atomic E-state index is 13.3. The number of hydrogen-bond acceptors (Lipinski definition) is 2. The van der Waals surface area contributed by atoms with Crippen molar-refractivity contribution in [3.05, 3.63) is 65.0 Å². The molecule has 0 amide bonds. The molecule has 0 N–H and O–H groups in total. The van der Waals surface area contributed by atoms with Crippen molar-refractivity contribution in [1.82, 2.24) is 0 Å². The van der Waals surface area contributed by atoms with Crippen molar-refractivity contribution in [3.8, 4) is 5.75 Å². The minimum atomic E-state index is -4.67. The van der Waals surface area contributed by atoms with Gasteiger partial charge in [0.05, 0.1) is 18.2 Å². The highest BCUT2D eigenvalue weighted by Crippen LogP contribution is 2.34. The third-order valence-corrected chi connectivity index (χ3v) is 2.88. The Morgan fingerprint density at radius 2 is 1.71 bits per heavy atom. The molecular formula is C15H10F4O2. The third-order valence-electron chi connectivity index (χ3n) is 2.88. The quantitative estimate of drug-likeness (QED) is 0.630. The number of methoxy groups -OCH3 is 1. The average molecular weight is 298 g/mol. The Kier molecular flexibility index (Phi) is 3.97. The molecule has 0 aromatic heterocycles.